The number of benzene rings is 7. The maximum Gasteiger partial charge on any atom is 0.416 e. The lowest BCUT2D eigenvalue weighted by Gasteiger charge is -2.47. The van der Waals surface area contributed by atoms with Crippen LogP contribution in [0.2, 0.25) is 0 Å². The lowest BCUT2D eigenvalue weighted by Crippen LogP contribution is -2.60. The number of nitriles is 1. The number of anilines is 6. The van der Waals surface area contributed by atoms with Crippen molar-refractivity contribution in [3.8, 4) is 34.8 Å². The molecule has 3 saturated carbocycles. The fourth-order valence-electron chi connectivity index (χ4n) is 18.2. The molecule has 0 saturated heterocycles. The number of nitrogens with one attached hydrogen (secondary N) is 4. The van der Waals surface area contributed by atoms with Crippen LogP contribution < -0.4 is 74.4 Å². The Morgan fingerprint density at radius 2 is 0.747 bits per heavy atom. The van der Waals surface area contributed by atoms with Crippen LogP contribution >= 0.6 is 11.8 Å². The van der Waals surface area contributed by atoms with E-state index < -0.39 is 73.9 Å². The Bertz CT molecular complexity index is 6150. The van der Waals surface area contributed by atoms with Crippen molar-refractivity contribution in [1.82, 2.24) is 21.3 Å². The van der Waals surface area contributed by atoms with Crippen molar-refractivity contribution in [2.24, 2.45) is 0 Å². The first-order valence-corrected chi connectivity index (χ1v) is 52.6. The Labute approximate surface area is 877 Å². The van der Waals surface area contributed by atoms with E-state index in [1.807, 2.05) is 105 Å². The van der Waals surface area contributed by atoms with E-state index in [2.05, 4.69) is 42.0 Å². The number of carbonyl (C=O) groups is 10. The van der Waals surface area contributed by atoms with Gasteiger partial charge in [0.05, 0.1) is 79.9 Å². The summed E-state index contributed by atoms with van der Waals surface area (Å²) < 4.78 is 155. The first kappa shape index (κ1) is 118. The fourth-order valence-corrected chi connectivity index (χ4v) is 19.5. The summed E-state index contributed by atoms with van der Waals surface area (Å²) in [4.78, 5) is 134. The van der Waals surface area contributed by atoms with Crippen molar-refractivity contribution in [3.63, 3.8) is 0 Å². The highest BCUT2D eigenvalue weighted by atomic mass is 32.2. The van der Waals surface area contributed by atoms with E-state index in [9.17, 15) is 92.7 Å². The molecule has 150 heavy (non-hydrogen) atoms. The molecule has 814 valence electrons. The van der Waals surface area contributed by atoms with E-state index in [1.54, 1.807) is 77.3 Å². The molecule has 9 aliphatic rings. The number of hydrogen-bond donors (Lipinski definition) is 4. The molecule has 7 aromatic rings. The van der Waals surface area contributed by atoms with Crippen molar-refractivity contribution in [2.45, 2.75) is 323 Å². The third kappa shape index (κ3) is 27.1. The molecule has 7 aromatic carbocycles. The predicted octanol–water partition coefficient (Wildman–Crippen LogP) is 21.6. The van der Waals surface area contributed by atoms with Crippen LogP contribution in [0.3, 0.4) is 0 Å². The Morgan fingerprint density at radius 1 is 0.400 bits per heavy atom. The number of unbranched alkanes of at least 4 members (excludes halogenated alkanes) is 4. The van der Waals surface area contributed by atoms with E-state index in [0.717, 1.165) is 163 Å². The van der Waals surface area contributed by atoms with Crippen LogP contribution in [-0.4, -0.2) is 164 Å². The van der Waals surface area contributed by atoms with Crippen LogP contribution in [0, 0.1) is 73.6 Å². The summed E-state index contributed by atoms with van der Waals surface area (Å²) in [6.07, 6.45) is 0.449. The fraction of sp³-hybridized carbons (Fsp3) is 0.531. The van der Waals surface area contributed by atoms with Gasteiger partial charge in [0.2, 0.25) is 40.7 Å². The van der Waals surface area contributed by atoms with Crippen molar-refractivity contribution < 1.29 is 116 Å². The molecule has 4 N–H and O–H groups in total. The number of nitrogens with zero attached hydrogens (tertiary/aromatic N) is 7. The molecule has 6 aliphatic heterocycles. The van der Waals surface area contributed by atoms with Crippen LogP contribution in [0.25, 0.3) is 0 Å². The maximum absolute atomic E-state index is 13.5. The van der Waals surface area contributed by atoms with Crippen molar-refractivity contribution >= 4 is 105 Å². The maximum atomic E-state index is 13.5. The number of halogens is 9. The molecule has 0 radical (unpaired) electrons. The molecule has 10 amide bonds. The first-order valence-electron chi connectivity index (χ1n) is 51.7. The van der Waals surface area contributed by atoms with Gasteiger partial charge in [0.1, 0.15) is 28.7 Å². The minimum atomic E-state index is -4.60. The van der Waals surface area contributed by atoms with Gasteiger partial charge >= 0.3 is 18.5 Å². The van der Waals surface area contributed by atoms with Gasteiger partial charge in [-0.15, -0.1) is 11.8 Å². The van der Waals surface area contributed by atoms with Gasteiger partial charge in [-0.1, -0.05) is 86.3 Å². The topological polar surface area (TPSA) is 317 Å². The normalized spacial score (nSPS) is 19.0. The third-order valence-corrected chi connectivity index (χ3v) is 29.9. The number of fused-ring (bicyclic) bond motifs is 6. The van der Waals surface area contributed by atoms with Gasteiger partial charge in [-0.2, -0.15) is 44.8 Å². The van der Waals surface area contributed by atoms with Gasteiger partial charge < -0.3 is 79.1 Å². The van der Waals surface area contributed by atoms with Gasteiger partial charge in [-0.3, -0.25) is 47.9 Å². The Morgan fingerprint density at radius 3 is 1.11 bits per heavy atom. The molecule has 0 aromatic heterocycles. The SMILES string of the molecule is CCC(=O)NCCN1C(=O)C(C)(C)Oc2cc(C)c(C)cc21.CCC(=O)NCCN1C(=O)C(C)(c2cccc(C#N)c2)Oc2cc(C(F)(F)F)c(C)cc21.CCC(=O)NCCN1C(=O)C2(CC2)Oc2cc(C)c(C)cc21.CCC(=O)NCCN1C(=O)C2(CCC2)Oc2cc(C)c(C)cc21.CCCCCN1C(=O)C(C)(CC)Sc2cc(C(F)(F)F)c(C)cc21.CCCCCN1C(=O)C(C)(COC2CC2)Oc2cc(C(F)(F)F)c(C)cc21. The summed E-state index contributed by atoms with van der Waals surface area (Å²) in [5.41, 5.74) is 3.84. The quantitative estimate of drug-likeness (QED) is 0.0250. The summed E-state index contributed by atoms with van der Waals surface area (Å²) in [6, 6.07) is 27.5. The second-order valence-electron chi connectivity index (χ2n) is 40.6. The van der Waals surface area contributed by atoms with Crippen LogP contribution in [0.1, 0.15) is 277 Å². The zero-order valence-electron chi connectivity index (χ0n) is 89.8. The minimum absolute atomic E-state index is 0.00199. The highest BCUT2D eigenvalue weighted by Crippen LogP contribution is 2.55. The van der Waals surface area contributed by atoms with E-state index in [4.69, 9.17) is 28.4 Å². The molecule has 3 aliphatic carbocycles. The number of hydrogen-bond acceptors (Lipinski definition) is 18. The van der Waals surface area contributed by atoms with Crippen LogP contribution in [0.4, 0.5) is 73.6 Å². The minimum Gasteiger partial charge on any atom is -0.476 e. The number of thioether (sulfide) groups is 1. The monoisotopic (exact) mass is 2110 g/mol. The number of carbonyl (C=O) groups excluding carboxylic acids is 10. The van der Waals surface area contributed by atoms with Gasteiger partial charge in [0, 0.05) is 114 Å². The highest BCUT2D eigenvalue weighted by Gasteiger charge is 2.59. The summed E-state index contributed by atoms with van der Waals surface area (Å²) in [7, 11) is 0. The average Bonchev–Trinajstić information content (AvgIpc) is 1.61. The number of aryl methyl sites for hydroxylation is 9. The zero-order valence-corrected chi connectivity index (χ0v) is 90.6. The van der Waals surface area contributed by atoms with E-state index in [1.165, 1.54) is 74.7 Å². The lowest BCUT2D eigenvalue weighted by atomic mass is 9.77. The zero-order chi connectivity index (χ0) is 111. The standard InChI is InChI=1S/C23H22F3N3O3.C20H26F3NO3.C18H24F3NOS.C18H24N2O3.C17H22N2O3.C17H24N2O3/c1-4-20(30)28-8-9-29-18-10-14(2)17(23(24,25)26)12-19(18)32-22(3,21(29)31)16-7-5-6-15(11-16)13-27;1-4-5-6-9-24-16-10-13(2)15(20(21,22)23)11-17(16)27-19(3,18(24)25)12-26-14-7-8-14;1-5-7-8-9-22-14-10-12(3)13(18(19,20)21)11-15(14)24-17(4,6-2)16(22)23;1-4-16(21)19-8-9-20-14-10-12(2)13(3)11-15(14)23-18(17(20)22)6-5-7-18;1-4-15(20)18-7-8-19-13-9-11(2)12(3)10-14(13)22-17(5-6-17)16(19)21;1-6-15(20)18-7-8-19-13-9-11(2)12(3)10-14(13)22-17(4,5)16(19)21/h5-7,10-12H,4,8-9H2,1-3H3,(H,28,30);10-11,14H,4-9,12H2,1-3H3;10-11H,5-9H2,1-4H3;10-11H,4-9H2,1-3H3,(H,19,21);9-10H,4-8H2,1-3H3,(H,18,20);9-10H,6-8H2,1-5H3,(H,18,20). The first-order chi connectivity index (χ1) is 70.5. The number of alkyl halides is 9. The lowest BCUT2D eigenvalue weighted by molar-refractivity contribution is -0.143. The van der Waals surface area contributed by atoms with E-state index in [-0.39, 0.29) is 125 Å². The number of amides is 10. The molecular weight excluding hydrogens is 1970 g/mol. The summed E-state index contributed by atoms with van der Waals surface area (Å²) in [5, 5.41) is 20.4. The molecule has 0 bridgehead atoms. The Kier molecular flexibility index (Phi) is 37.9. The van der Waals surface area contributed by atoms with Crippen LogP contribution in [0.5, 0.6) is 28.7 Å². The molecule has 16 rings (SSSR count). The Balaban J connectivity index is 0.000000172. The van der Waals surface area contributed by atoms with E-state index >= 15 is 0 Å². The van der Waals surface area contributed by atoms with Crippen LogP contribution in [0.15, 0.2) is 102 Å². The van der Waals surface area contributed by atoms with Gasteiger partial charge in [-0.05, 0) is 283 Å². The third-order valence-electron chi connectivity index (χ3n) is 28.4. The molecule has 2 spiro atoms. The van der Waals surface area contributed by atoms with Crippen molar-refractivity contribution in [2.75, 3.05) is 101 Å². The average molecular weight is 2110 g/mol. The van der Waals surface area contributed by atoms with E-state index in [0.29, 0.717) is 99.9 Å². The number of ether oxygens (including phenoxy) is 6. The molecular formula is C113H142F9N11O16S. The molecule has 6 heterocycles. The predicted molar refractivity (Wildman–Crippen MR) is 559 cm³/mol. The van der Waals surface area contributed by atoms with Crippen LogP contribution in [-0.2, 0) is 76.8 Å². The highest BCUT2D eigenvalue weighted by molar-refractivity contribution is 8.01. The van der Waals surface area contributed by atoms with Crippen molar-refractivity contribution in [3.05, 3.63) is 175 Å². The van der Waals surface area contributed by atoms with Crippen molar-refractivity contribution in [1.29, 1.82) is 5.26 Å². The van der Waals surface area contributed by atoms with Gasteiger partial charge in [0.25, 0.3) is 29.5 Å². The molecule has 37 heteroatoms. The smallest absolute Gasteiger partial charge is 0.416 e. The molecule has 3 fully saturated rings. The second kappa shape index (κ2) is 48.4. The largest absolute Gasteiger partial charge is 0.476 e. The molecule has 27 nitrogen and oxygen atoms in total. The molecule has 3 unspecified atom stereocenters. The second-order valence-corrected chi connectivity index (χ2v) is 42.1. The van der Waals surface area contributed by atoms with Gasteiger partial charge in [-0.25, -0.2) is 0 Å². The molecule has 3 atom stereocenters. The summed E-state index contributed by atoms with van der Waals surface area (Å²) in [5.74, 6) is 1.25. The van der Waals surface area contributed by atoms with Gasteiger partial charge in [0.15, 0.2) is 16.8 Å². The number of rotatable bonds is 29. The Hall–Kier alpha value is -12.6. The summed E-state index contributed by atoms with van der Waals surface area (Å²) in [6.45, 7) is 41.9. The summed E-state index contributed by atoms with van der Waals surface area (Å²) >= 11 is 1.26.